The van der Waals surface area contributed by atoms with Crippen LogP contribution in [0.3, 0.4) is 0 Å². The Labute approximate surface area is 154 Å². The molecule has 0 radical (unpaired) electrons. The zero-order valence-electron chi connectivity index (χ0n) is 14.9. The van der Waals surface area contributed by atoms with E-state index in [0.29, 0.717) is 5.56 Å². The highest BCUT2D eigenvalue weighted by atomic mass is 16.5. The van der Waals surface area contributed by atoms with E-state index in [2.05, 4.69) is 13.2 Å². The highest BCUT2D eigenvalue weighted by Crippen LogP contribution is 2.27. The van der Waals surface area contributed by atoms with Crippen LogP contribution in [0.1, 0.15) is 15.9 Å². The Morgan fingerprint density at radius 2 is 1.62 bits per heavy atom. The normalized spacial score (nSPS) is 12.5. The second kappa shape index (κ2) is 8.81. The monoisotopic (exact) mass is 349 g/mol. The van der Waals surface area contributed by atoms with Gasteiger partial charge in [-0.15, -0.1) is 13.2 Å². The topological polar surface area (TPSA) is 46.6 Å². The summed E-state index contributed by atoms with van der Waals surface area (Å²) in [6, 6.07) is 18.3. The molecule has 2 aromatic carbocycles. The second-order valence-electron chi connectivity index (χ2n) is 5.85. The lowest BCUT2D eigenvalue weighted by atomic mass is 9.88. The van der Waals surface area contributed by atoms with E-state index in [4.69, 9.17) is 4.74 Å². The summed E-state index contributed by atoms with van der Waals surface area (Å²) in [6.07, 6.45) is 3.33. The molecule has 0 aliphatic heterocycles. The third kappa shape index (κ3) is 3.91. The molecule has 0 spiro atoms. The fourth-order valence-electron chi connectivity index (χ4n) is 2.92. The van der Waals surface area contributed by atoms with Crippen LogP contribution < -0.4 is 0 Å². The van der Waals surface area contributed by atoms with Crippen molar-refractivity contribution in [3.63, 3.8) is 0 Å². The first-order chi connectivity index (χ1) is 12.6. The number of methoxy groups -OCH3 is 1. The van der Waals surface area contributed by atoms with Crippen LogP contribution in [0, 0.1) is 0 Å². The number of benzene rings is 2. The van der Waals surface area contributed by atoms with E-state index in [1.54, 1.807) is 30.3 Å². The molecule has 0 bridgehead atoms. The Hall–Kier alpha value is -3.14. The summed E-state index contributed by atoms with van der Waals surface area (Å²) in [6.45, 7) is 7.77. The average Bonchev–Trinajstić information content (AvgIpc) is 2.71. The predicted molar refractivity (Wildman–Crippen MR) is 103 cm³/mol. The van der Waals surface area contributed by atoms with Crippen LogP contribution in [0.4, 0.5) is 0 Å². The summed E-state index contributed by atoms with van der Waals surface area (Å²) in [5, 5.41) is 0. The molecule has 2 rings (SSSR count). The largest absolute Gasteiger partial charge is 0.467 e. The van der Waals surface area contributed by atoms with Crippen molar-refractivity contribution in [1.29, 1.82) is 0 Å². The van der Waals surface area contributed by atoms with Gasteiger partial charge in [-0.2, -0.15) is 0 Å². The average molecular weight is 349 g/mol. The quantitative estimate of drug-likeness (QED) is 0.540. The maximum Gasteiger partial charge on any atom is 0.336 e. The number of hydrogen-bond acceptors (Lipinski definition) is 3. The predicted octanol–water partition coefficient (Wildman–Crippen LogP) is 3.66. The molecule has 0 unspecified atom stereocenters. The van der Waals surface area contributed by atoms with Gasteiger partial charge in [-0.05, 0) is 17.7 Å². The van der Waals surface area contributed by atoms with Gasteiger partial charge in [0.1, 0.15) is 0 Å². The summed E-state index contributed by atoms with van der Waals surface area (Å²) in [5.74, 6) is -0.825. The number of amides is 1. The summed E-state index contributed by atoms with van der Waals surface area (Å²) < 4.78 is 5.05. The molecule has 4 heteroatoms. The van der Waals surface area contributed by atoms with Gasteiger partial charge in [0.15, 0.2) is 5.54 Å². The van der Waals surface area contributed by atoms with Crippen molar-refractivity contribution in [2.45, 2.75) is 12.0 Å². The Morgan fingerprint density at radius 3 is 2.12 bits per heavy atom. The smallest absolute Gasteiger partial charge is 0.336 e. The molecule has 0 saturated carbocycles. The number of nitrogens with zero attached hydrogens (tertiary/aromatic N) is 1. The van der Waals surface area contributed by atoms with E-state index >= 15 is 0 Å². The molecule has 1 amide bonds. The first-order valence-corrected chi connectivity index (χ1v) is 8.33. The van der Waals surface area contributed by atoms with E-state index in [9.17, 15) is 9.59 Å². The van der Waals surface area contributed by atoms with E-state index in [1.807, 2.05) is 36.4 Å². The van der Waals surface area contributed by atoms with E-state index in [0.717, 1.165) is 5.56 Å². The molecule has 0 fully saturated rings. The van der Waals surface area contributed by atoms with Gasteiger partial charge in [0.05, 0.1) is 7.11 Å². The SMILES string of the molecule is C=CCN(C(=O)c1ccccc1)[C@@](C=C)(Cc1ccccc1)C(=O)OC. The van der Waals surface area contributed by atoms with E-state index in [-0.39, 0.29) is 18.9 Å². The van der Waals surface area contributed by atoms with Gasteiger partial charge in [-0.25, -0.2) is 4.79 Å². The van der Waals surface area contributed by atoms with E-state index < -0.39 is 11.5 Å². The van der Waals surface area contributed by atoms with E-state index in [1.165, 1.54) is 18.1 Å². The molecule has 2 aromatic rings. The first kappa shape index (κ1) is 19.2. The van der Waals surface area contributed by atoms with Gasteiger partial charge >= 0.3 is 5.97 Å². The molecular weight excluding hydrogens is 326 g/mol. The van der Waals surface area contributed by atoms with Crippen molar-refractivity contribution >= 4 is 11.9 Å². The lowest BCUT2D eigenvalue weighted by Gasteiger charge is -2.39. The number of ether oxygens (including phenoxy) is 1. The molecule has 0 aromatic heterocycles. The van der Waals surface area contributed by atoms with Crippen LogP contribution in [-0.2, 0) is 16.0 Å². The van der Waals surface area contributed by atoms with Crippen LogP contribution >= 0.6 is 0 Å². The molecule has 26 heavy (non-hydrogen) atoms. The molecule has 4 nitrogen and oxygen atoms in total. The van der Waals surface area contributed by atoms with Gasteiger partial charge in [0.25, 0.3) is 5.91 Å². The van der Waals surface area contributed by atoms with Crippen molar-refractivity contribution < 1.29 is 14.3 Å². The second-order valence-corrected chi connectivity index (χ2v) is 5.85. The standard InChI is InChI=1S/C22H23NO3/c1-4-16-23(20(24)19-14-10-7-11-15-19)22(5-2,21(25)26-3)17-18-12-8-6-9-13-18/h4-15H,1-2,16-17H2,3H3/t22-/m0/s1. The Morgan fingerprint density at radius 1 is 1.04 bits per heavy atom. The minimum Gasteiger partial charge on any atom is -0.467 e. The number of carbonyl (C=O) groups is 2. The fourth-order valence-corrected chi connectivity index (χ4v) is 2.92. The molecule has 0 aliphatic rings. The number of rotatable bonds is 8. The van der Waals surface area contributed by atoms with Gasteiger partial charge in [-0.1, -0.05) is 60.7 Å². The Bertz CT molecular complexity index is 770. The number of hydrogen-bond donors (Lipinski definition) is 0. The van der Waals surface area contributed by atoms with Crippen molar-refractivity contribution in [3.8, 4) is 0 Å². The summed E-state index contributed by atoms with van der Waals surface area (Å²) in [4.78, 5) is 27.4. The van der Waals surface area contributed by atoms with Crippen LogP contribution in [0.15, 0.2) is 86.0 Å². The summed E-state index contributed by atoms with van der Waals surface area (Å²) in [5.41, 5.74) is 0.0438. The zero-order chi connectivity index (χ0) is 19.0. The first-order valence-electron chi connectivity index (χ1n) is 8.33. The third-order valence-electron chi connectivity index (χ3n) is 4.25. The van der Waals surface area contributed by atoms with Crippen LogP contribution in [-0.4, -0.2) is 36.0 Å². The maximum atomic E-state index is 13.2. The van der Waals surface area contributed by atoms with Gasteiger partial charge in [0, 0.05) is 18.5 Å². The lowest BCUT2D eigenvalue weighted by molar-refractivity contribution is -0.150. The minimum absolute atomic E-state index is 0.182. The molecule has 0 saturated heterocycles. The highest BCUT2D eigenvalue weighted by molar-refractivity contribution is 5.99. The van der Waals surface area contributed by atoms with Crippen molar-refractivity contribution in [2.75, 3.05) is 13.7 Å². The van der Waals surface area contributed by atoms with Crippen molar-refractivity contribution in [1.82, 2.24) is 4.90 Å². The zero-order valence-corrected chi connectivity index (χ0v) is 14.9. The fraction of sp³-hybridized carbons (Fsp3) is 0.182. The summed E-state index contributed by atoms with van der Waals surface area (Å²) >= 11 is 0. The van der Waals surface area contributed by atoms with Crippen LogP contribution in [0.5, 0.6) is 0 Å². The number of carbonyl (C=O) groups excluding carboxylic acids is 2. The van der Waals surface area contributed by atoms with Crippen molar-refractivity contribution in [3.05, 3.63) is 97.1 Å². The molecule has 0 N–H and O–H groups in total. The van der Waals surface area contributed by atoms with Crippen LogP contribution in [0.25, 0.3) is 0 Å². The Balaban J connectivity index is 2.54. The Kier molecular flexibility index (Phi) is 6.50. The van der Waals surface area contributed by atoms with Gasteiger partial charge in [0.2, 0.25) is 0 Å². The van der Waals surface area contributed by atoms with Gasteiger partial charge < -0.3 is 9.64 Å². The van der Waals surface area contributed by atoms with Crippen LogP contribution in [0.2, 0.25) is 0 Å². The molecule has 0 heterocycles. The number of esters is 1. The minimum atomic E-state index is -1.34. The molecule has 1 atom stereocenters. The third-order valence-corrected chi connectivity index (χ3v) is 4.25. The van der Waals surface area contributed by atoms with Gasteiger partial charge in [-0.3, -0.25) is 4.79 Å². The molecular formula is C22H23NO3. The molecule has 134 valence electrons. The maximum absolute atomic E-state index is 13.2. The summed E-state index contributed by atoms with van der Waals surface area (Å²) in [7, 11) is 1.31. The van der Waals surface area contributed by atoms with Crippen molar-refractivity contribution in [2.24, 2.45) is 0 Å². The highest BCUT2D eigenvalue weighted by Gasteiger charge is 2.45. The lowest BCUT2D eigenvalue weighted by Crippen LogP contribution is -2.57. The molecule has 0 aliphatic carbocycles.